The Morgan fingerprint density at radius 3 is 2.67 bits per heavy atom. The predicted octanol–water partition coefficient (Wildman–Crippen LogP) is 3.92. The smallest absolute Gasteiger partial charge is 0.0687 e. The largest absolute Gasteiger partial charge is 0.198 e. The van der Waals surface area contributed by atoms with E-state index in [2.05, 4.69) is 26.0 Å². The zero-order valence-corrected chi connectivity index (χ0v) is 10.3. The molecule has 0 radical (unpaired) electrons. The molecule has 0 aromatic rings. The highest BCUT2D eigenvalue weighted by molar-refractivity contribution is 5.25. The molecule has 1 saturated carbocycles. The molecule has 0 heterocycles. The summed E-state index contributed by atoms with van der Waals surface area (Å²) in [6, 6.07) is 2.41. The lowest BCUT2D eigenvalue weighted by Gasteiger charge is -2.57. The van der Waals surface area contributed by atoms with Crippen molar-refractivity contribution in [2.75, 3.05) is 0 Å². The van der Waals surface area contributed by atoms with Gasteiger partial charge in [-0.3, -0.25) is 0 Å². The van der Waals surface area contributed by atoms with Gasteiger partial charge < -0.3 is 0 Å². The summed E-state index contributed by atoms with van der Waals surface area (Å²) in [7, 11) is 0. The molecule has 0 aromatic carbocycles. The van der Waals surface area contributed by atoms with Gasteiger partial charge >= 0.3 is 0 Å². The molecule has 0 saturated heterocycles. The van der Waals surface area contributed by atoms with Crippen LogP contribution in [0, 0.1) is 34.0 Å². The third-order valence-electron chi connectivity index (χ3n) is 4.53. The zero-order chi connectivity index (χ0) is 11.3. The molecule has 2 unspecified atom stereocenters. The van der Waals surface area contributed by atoms with E-state index in [-0.39, 0.29) is 5.41 Å². The van der Waals surface area contributed by atoms with E-state index in [1.54, 1.807) is 5.57 Å². The minimum Gasteiger partial charge on any atom is -0.198 e. The van der Waals surface area contributed by atoms with Crippen LogP contribution in [0.15, 0.2) is 11.6 Å². The molecule has 2 bridgehead atoms. The normalized spacial score (nSPS) is 32.6. The minimum absolute atomic E-state index is 0.190. The van der Waals surface area contributed by atoms with Crippen molar-refractivity contribution in [3.63, 3.8) is 0 Å². The van der Waals surface area contributed by atoms with Crippen molar-refractivity contribution in [3.8, 4) is 6.07 Å². The summed E-state index contributed by atoms with van der Waals surface area (Å²) < 4.78 is 0. The Labute approximate surface area is 93.2 Å². The van der Waals surface area contributed by atoms with Crippen molar-refractivity contribution >= 4 is 0 Å². The monoisotopic (exact) mass is 203 g/mol. The molecule has 1 heteroatoms. The Kier molecular flexibility index (Phi) is 2.23. The number of nitrogens with zero attached hydrogens (tertiary/aromatic N) is 1. The van der Waals surface area contributed by atoms with Gasteiger partial charge in [0.2, 0.25) is 0 Å². The molecule has 0 spiro atoms. The van der Waals surface area contributed by atoms with Gasteiger partial charge in [0, 0.05) is 0 Å². The van der Waals surface area contributed by atoms with E-state index in [1.165, 1.54) is 12.8 Å². The van der Waals surface area contributed by atoms with Gasteiger partial charge in [0.25, 0.3) is 0 Å². The Morgan fingerprint density at radius 1 is 1.53 bits per heavy atom. The summed E-state index contributed by atoms with van der Waals surface area (Å²) in [6.07, 6.45) is 5.97. The lowest BCUT2D eigenvalue weighted by molar-refractivity contribution is -0.0102. The Hall–Kier alpha value is -0.770. The quantitative estimate of drug-likeness (QED) is 0.624. The van der Waals surface area contributed by atoms with Crippen LogP contribution < -0.4 is 0 Å². The maximum absolute atomic E-state index is 9.08. The predicted molar refractivity (Wildman–Crippen MR) is 62.1 cm³/mol. The molecule has 82 valence electrons. The fraction of sp³-hybridized carbons (Fsp3) is 0.786. The summed E-state index contributed by atoms with van der Waals surface area (Å²) >= 11 is 0. The number of nitriles is 1. The molecule has 0 amide bonds. The summed E-state index contributed by atoms with van der Waals surface area (Å²) in [4.78, 5) is 0. The molecule has 0 aliphatic heterocycles. The number of hydrogen-bond donors (Lipinski definition) is 0. The SMILES string of the molecule is CC(C)(C#N)CC1=CCC2CC1C2(C)C. The molecular weight excluding hydrogens is 182 g/mol. The van der Waals surface area contributed by atoms with Crippen molar-refractivity contribution in [2.45, 2.75) is 47.0 Å². The fourth-order valence-electron chi connectivity index (χ4n) is 3.23. The van der Waals surface area contributed by atoms with Crippen molar-refractivity contribution in [3.05, 3.63) is 11.6 Å². The number of fused-ring (bicyclic) bond motifs is 1. The number of hydrogen-bond acceptors (Lipinski definition) is 1. The molecule has 3 rings (SSSR count). The fourth-order valence-corrected chi connectivity index (χ4v) is 3.23. The van der Waals surface area contributed by atoms with E-state index in [4.69, 9.17) is 5.26 Å². The van der Waals surface area contributed by atoms with Crippen molar-refractivity contribution in [2.24, 2.45) is 22.7 Å². The van der Waals surface area contributed by atoms with Crippen LogP contribution in [0.5, 0.6) is 0 Å². The number of rotatable bonds is 2. The standard InChI is InChI=1S/C14H21N/c1-13(2,9-15)8-10-5-6-11-7-12(10)14(11,3)4/h5,11-12H,6-8H2,1-4H3. The summed E-state index contributed by atoms with van der Waals surface area (Å²) in [5, 5.41) is 9.08. The van der Waals surface area contributed by atoms with Crippen LogP contribution >= 0.6 is 0 Å². The summed E-state index contributed by atoms with van der Waals surface area (Å²) in [6.45, 7) is 8.87. The van der Waals surface area contributed by atoms with Gasteiger partial charge in [-0.15, -0.1) is 0 Å². The molecule has 15 heavy (non-hydrogen) atoms. The Balaban J connectivity index is 2.13. The number of allylic oxidation sites excluding steroid dienone is 2. The van der Waals surface area contributed by atoms with Crippen molar-refractivity contribution in [1.29, 1.82) is 5.26 Å². The first-order chi connectivity index (χ1) is 6.87. The molecule has 1 nitrogen and oxygen atoms in total. The highest BCUT2D eigenvalue weighted by Crippen LogP contribution is 2.60. The van der Waals surface area contributed by atoms with Crippen LogP contribution in [0.1, 0.15) is 47.0 Å². The minimum atomic E-state index is -0.190. The second-order valence-corrected chi connectivity index (χ2v) is 6.49. The van der Waals surface area contributed by atoms with Crippen LogP contribution in [0.3, 0.4) is 0 Å². The average molecular weight is 203 g/mol. The molecule has 3 aliphatic rings. The molecule has 0 N–H and O–H groups in total. The maximum Gasteiger partial charge on any atom is 0.0687 e. The van der Waals surface area contributed by atoms with Crippen molar-refractivity contribution < 1.29 is 0 Å². The first-order valence-corrected chi connectivity index (χ1v) is 5.97. The highest BCUT2D eigenvalue weighted by Gasteiger charge is 2.51. The van der Waals surface area contributed by atoms with Crippen LogP contribution in [-0.4, -0.2) is 0 Å². The van der Waals surface area contributed by atoms with E-state index in [0.29, 0.717) is 5.41 Å². The van der Waals surface area contributed by atoms with Gasteiger partial charge in [0.15, 0.2) is 0 Å². The van der Waals surface area contributed by atoms with Crippen LogP contribution in [0.2, 0.25) is 0 Å². The lowest BCUT2D eigenvalue weighted by Crippen LogP contribution is -2.48. The van der Waals surface area contributed by atoms with E-state index >= 15 is 0 Å². The first kappa shape index (κ1) is 10.7. The average Bonchev–Trinajstić information content (AvgIpc) is 2.17. The summed E-state index contributed by atoms with van der Waals surface area (Å²) in [5.74, 6) is 1.65. The van der Waals surface area contributed by atoms with Crippen molar-refractivity contribution in [1.82, 2.24) is 0 Å². The second-order valence-electron chi connectivity index (χ2n) is 6.49. The summed E-state index contributed by atoms with van der Waals surface area (Å²) in [5.41, 5.74) is 1.86. The van der Waals surface area contributed by atoms with Crippen LogP contribution in [0.25, 0.3) is 0 Å². The van der Waals surface area contributed by atoms with E-state index < -0.39 is 0 Å². The third kappa shape index (κ3) is 1.61. The molecule has 0 aromatic heterocycles. The maximum atomic E-state index is 9.08. The van der Waals surface area contributed by atoms with E-state index in [1.807, 2.05) is 13.8 Å². The molecule has 2 atom stereocenters. The van der Waals surface area contributed by atoms with E-state index in [9.17, 15) is 0 Å². The van der Waals surface area contributed by atoms with Gasteiger partial charge in [0.05, 0.1) is 11.5 Å². The Bertz CT molecular complexity index is 341. The van der Waals surface area contributed by atoms with E-state index in [0.717, 1.165) is 18.3 Å². The van der Waals surface area contributed by atoms with Gasteiger partial charge in [-0.1, -0.05) is 25.5 Å². The molecular formula is C14H21N. The highest BCUT2D eigenvalue weighted by atomic mass is 14.6. The Morgan fingerprint density at radius 2 is 2.20 bits per heavy atom. The molecule has 3 aliphatic carbocycles. The van der Waals surface area contributed by atoms with Gasteiger partial charge in [0.1, 0.15) is 0 Å². The van der Waals surface area contributed by atoms with Crippen LogP contribution in [-0.2, 0) is 0 Å². The van der Waals surface area contributed by atoms with Gasteiger partial charge in [-0.05, 0) is 50.4 Å². The third-order valence-corrected chi connectivity index (χ3v) is 4.53. The molecule has 1 fully saturated rings. The lowest BCUT2D eigenvalue weighted by atomic mass is 9.48. The van der Waals surface area contributed by atoms with Crippen LogP contribution in [0.4, 0.5) is 0 Å². The van der Waals surface area contributed by atoms with Gasteiger partial charge in [-0.25, -0.2) is 0 Å². The topological polar surface area (TPSA) is 23.8 Å². The first-order valence-electron chi connectivity index (χ1n) is 5.97. The second kappa shape index (κ2) is 3.11. The van der Waals surface area contributed by atoms with Gasteiger partial charge in [-0.2, -0.15) is 5.26 Å². The zero-order valence-electron chi connectivity index (χ0n) is 10.3.